The van der Waals surface area contributed by atoms with Gasteiger partial charge in [0.1, 0.15) is 0 Å². The maximum atomic E-state index is 10.2. The molecule has 0 aromatic rings. The Morgan fingerprint density at radius 2 is 0.875 bits per heavy atom. The monoisotopic (exact) mass is 341 g/mol. The third-order valence-electron chi connectivity index (χ3n) is 5.59. The Kier molecular flexibility index (Phi) is 20.9. The molecule has 0 aromatic carbocycles. The summed E-state index contributed by atoms with van der Waals surface area (Å²) in [7, 11) is 0. The first-order valence-electron chi connectivity index (χ1n) is 11.3. The van der Waals surface area contributed by atoms with Crippen molar-refractivity contribution in [3.63, 3.8) is 0 Å². The predicted molar refractivity (Wildman–Crippen MR) is 108 cm³/mol. The molecule has 146 valence electrons. The molecule has 0 heterocycles. The summed E-state index contributed by atoms with van der Waals surface area (Å²) in [6.45, 7) is 5.44. The van der Waals surface area contributed by atoms with Gasteiger partial charge >= 0.3 is 0 Å². The largest absolute Gasteiger partial charge is 0.636 e. The third-order valence-corrected chi connectivity index (χ3v) is 5.59. The number of hydrogen-bond donors (Lipinski definition) is 1. The minimum Gasteiger partial charge on any atom is -0.636 e. The number of unbranched alkanes of at least 4 members (excludes halogenated alkanes) is 14. The van der Waals surface area contributed by atoms with Crippen LogP contribution in [0.25, 0.3) is 0 Å². The lowest BCUT2D eigenvalue weighted by Crippen LogP contribution is -2.77. The van der Waals surface area contributed by atoms with Gasteiger partial charge in [-0.15, -0.1) is 0 Å². The molecule has 0 aliphatic rings. The van der Waals surface area contributed by atoms with Crippen molar-refractivity contribution in [2.24, 2.45) is 5.92 Å². The van der Waals surface area contributed by atoms with E-state index in [1.165, 1.54) is 109 Å². The molecule has 0 saturated carbocycles. The lowest BCUT2D eigenvalue weighted by molar-refractivity contribution is -0.589. The number of hydroxylamine groups is 1. The third kappa shape index (κ3) is 18.3. The average Bonchev–Trinajstić information content (AvgIpc) is 2.61. The molecule has 2 nitrogen and oxygen atoms in total. The van der Waals surface area contributed by atoms with Gasteiger partial charge in [-0.2, -0.15) is 0 Å². The Labute approximate surface area is 153 Å². The minimum atomic E-state index is 0.762. The summed E-state index contributed by atoms with van der Waals surface area (Å²) in [6.07, 6.45) is 25.2. The highest BCUT2D eigenvalue weighted by atomic mass is 16.5. The molecule has 0 aromatic heterocycles. The van der Waals surface area contributed by atoms with Crippen molar-refractivity contribution in [3.8, 4) is 0 Å². The van der Waals surface area contributed by atoms with Crippen molar-refractivity contribution >= 4 is 0 Å². The highest BCUT2D eigenvalue weighted by molar-refractivity contribution is 4.55. The molecule has 0 atom stereocenters. The summed E-state index contributed by atoms with van der Waals surface area (Å²) in [4.78, 5) is 0. The summed E-state index contributed by atoms with van der Waals surface area (Å²) in [5.74, 6) is 0.987. The molecule has 0 aliphatic carbocycles. The molecule has 0 spiro atoms. The van der Waals surface area contributed by atoms with Crippen LogP contribution in [-0.4, -0.2) is 6.54 Å². The first kappa shape index (κ1) is 23.9. The molecule has 24 heavy (non-hydrogen) atoms. The number of rotatable bonds is 20. The van der Waals surface area contributed by atoms with Crippen molar-refractivity contribution in [1.29, 1.82) is 0 Å². The van der Waals surface area contributed by atoms with E-state index in [1.807, 2.05) is 0 Å². The van der Waals surface area contributed by atoms with Gasteiger partial charge in [0.05, 0.1) is 6.54 Å². The Hall–Kier alpha value is -0.0800. The van der Waals surface area contributed by atoms with E-state index in [1.54, 1.807) is 0 Å². The van der Waals surface area contributed by atoms with Crippen LogP contribution in [0.4, 0.5) is 0 Å². The zero-order valence-corrected chi connectivity index (χ0v) is 17.0. The van der Waals surface area contributed by atoms with Crippen LogP contribution in [0.3, 0.4) is 0 Å². The number of quaternary nitrogens is 1. The predicted octanol–water partition coefficient (Wildman–Crippen LogP) is 6.73. The molecule has 0 aliphatic heterocycles. The average molecular weight is 342 g/mol. The van der Waals surface area contributed by atoms with Crippen molar-refractivity contribution in [1.82, 2.24) is 0 Å². The van der Waals surface area contributed by atoms with Gasteiger partial charge in [-0.25, -0.2) is 0 Å². The van der Waals surface area contributed by atoms with E-state index in [2.05, 4.69) is 13.8 Å². The highest BCUT2D eigenvalue weighted by Gasteiger charge is 2.02. The van der Waals surface area contributed by atoms with Gasteiger partial charge in [-0.3, -0.25) is 0 Å². The maximum absolute atomic E-state index is 10.2. The van der Waals surface area contributed by atoms with Crippen LogP contribution in [0.5, 0.6) is 0 Å². The highest BCUT2D eigenvalue weighted by Crippen LogP contribution is 2.18. The smallest absolute Gasteiger partial charge is 0.0752 e. The summed E-state index contributed by atoms with van der Waals surface area (Å²) >= 11 is 0. The fourth-order valence-electron chi connectivity index (χ4n) is 3.66. The summed E-state index contributed by atoms with van der Waals surface area (Å²) in [5, 5.41) is 10.2. The van der Waals surface area contributed by atoms with E-state index in [4.69, 9.17) is 0 Å². The minimum absolute atomic E-state index is 0.762. The van der Waals surface area contributed by atoms with E-state index in [0.717, 1.165) is 24.4 Å². The fraction of sp³-hybridized carbons (Fsp3) is 1.00. The van der Waals surface area contributed by atoms with Crippen molar-refractivity contribution in [3.05, 3.63) is 5.21 Å². The number of nitrogens with two attached hydrogens (primary N) is 1. The van der Waals surface area contributed by atoms with Gasteiger partial charge in [0.2, 0.25) is 0 Å². The van der Waals surface area contributed by atoms with Crippen molar-refractivity contribution in [2.75, 3.05) is 6.54 Å². The van der Waals surface area contributed by atoms with E-state index in [0.29, 0.717) is 0 Å². The van der Waals surface area contributed by atoms with Crippen LogP contribution in [0.1, 0.15) is 129 Å². The van der Waals surface area contributed by atoms with Gasteiger partial charge in [0.25, 0.3) is 0 Å². The van der Waals surface area contributed by atoms with Gasteiger partial charge in [0, 0.05) is 0 Å². The standard InChI is InChI=1S/C22H47NO/c1-3-22(4-2)20-18-16-14-12-10-8-6-5-7-9-11-13-15-17-19-21-23-24/h22H,3-21,23H2,1-2H3. The van der Waals surface area contributed by atoms with Gasteiger partial charge in [-0.1, -0.05) is 117 Å². The molecular weight excluding hydrogens is 294 g/mol. The molecule has 0 amide bonds. The fourth-order valence-corrected chi connectivity index (χ4v) is 3.66. The van der Waals surface area contributed by atoms with E-state index in [-0.39, 0.29) is 0 Å². The van der Waals surface area contributed by atoms with Gasteiger partial charge in [-0.05, 0) is 18.8 Å². The van der Waals surface area contributed by atoms with Crippen molar-refractivity contribution in [2.45, 2.75) is 129 Å². The summed E-state index contributed by atoms with van der Waals surface area (Å²) in [6, 6.07) is 0. The van der Waals surface area contributed by atoms with Gasteiger partial charge in [0.15, 0.2) is 0 Å². The second kappa shape index (κ2) is 21.0. The Balaban J connectivity index is 3.03. The van der Waals surface area contributed by atoms with Crippen LogP contribution in [0.15, 0.2) is 0 Å². The molecule has 0 unspecified atom stereocenters. The van der Waals surface area contributed by atoms with E-state index >= 15 is 0 Å². The second-order valence-corrected chi connectivity index (χ2v) is 7.73. The summed E-state index contributed by atoms with van der Waals surface area (Å²) < 4.78 is 0. The Bertz CT molecular complexity index is 216. The maximum Gasteiger partial charge on any atom is 0.0752 e. The van der Waals surface area contributed by atoms with Crippen LogP contribution >= 0.6 is 0 Å². The molecule has 0 rings (SSSR count). The molecular formula is C22H47NO. The van der Waals surface area contributed by atoms with Crippen molar-refractivity contribution < 1.29 is 5.48 Å². The first-order valence-corrected chi connectivity index (χ1v) is 11.3. The topological polar surface area (TPSA) is 39.7 Å². The zero-order chi connectivity index (χ0) is 17.7. The van der Waals surface area contributed by atoms with Gasteiger partial charge < -0.3 is 10.7 Å². The van der Waals surface area contributed by atoms with Crippen LogP contribution in [0.2, 0.25) is 0 Å². The Morgan fingerprint density at radius 3 is 1.21 bits per heavy atom. The van der Waals surface area contributed by atoms with E-state index in [9.17, 15) is 5.21 Å². The van der Waals surface area contributed by atoms with E-state index < -0.39 is 0 Å². The quantitative estimate of drug-likeness (QED) is 0.194. The van der Waals surface area contributed by atoms with Crippen LogP contribution in [-0.2, 0) is 0 Å². The molecule has 0 fully saturated rings. The molecule has 0 radical (unpaired) electrons. The Morgan fingerprint density at radius 1 is 0.542 bits per heavy atom. The SMILES string of the molecule is CCC(CC)CCCCCCCCCCCCCCCCC[NH2+][O-]. The molecule has 2 N–H and O–H groups in total. The number of hydrogen-bond acceptors (Lipinski definition) is 1. The first-order chi connectivity index (χ1) is 11.8. The lowest BCUT2D eigenvalue weighted by Gasteiger charge is -2.11. The molecule has 0 saturated heterocycles. The summed E-state index contributed by atoms with van der Waals surface area (Å²) in [5.41, 5.74) is 1.05. The second-order valence-electron chi connectivity index (χ2n) is 7.73. The lowest BCUT2D eigenvalue weighted by atomic mass is 9.95. The molecule has 2 heteroatoms. The normalized spacial score (nSPS) is 11.5. The molecule has 0 bridgehead atoms. The van der Waals surface area contributed by atoms with Crippen LogP contribution < -0.4 is 5.48 Å². The van der Waals surface area contributed by atoms with Crippen LogP contribution in [0, 0.1) is 11.1 Å². The zero-order valence-electron chi connectivity index (χ0n) is 17.0.